The zero-order valence-corrected chi connectivity index (χ0v) is 11.4. The first-order chi connectivity index (χ1) is 8.47. The van der Waals surface area contributed by atoms with Crippen molar-refractivity contribution in [3.63, 3.8) is 0 Å². The normalized spacial score (nSPS) is 9.11. The van der Waals surface area contributed by atoms with Gasteiger partial charge >= 0.3 is 11.9 Å². The molecule has 0 aliphatic rings. The molecule has 100 valence electrons. The van der Waals surface area contributed by atoms with E-state index in [0.717, 1.165) is 0 Å². The molecule has 0 fully saturated rings. The summed E-state index contributed by atoms with van der Waals surface area (Å²) in [5.74, 6) is -1.10. The van der Waals surface area contributed by atoms with Crippen LogP contribution in [-0.4, -0.2) is 25.0 Å². The molecule has 0 radical (unpaired) electrons. The van der Waals surface area contributed by atoms with Crippen LogP contribution >= 0.6 is 0 Å². The van der Waals surface area contributed by atoms with Crippen LogP contribution in [-0.2, 0) is 14.3 Å². The van der Waals surface area contributed by atoms with Crippen LogP contribution in [0.15, 0.2) is 24.3 Å². The summed E-state index contributed by atoms with van der Waals surface area (Å²) < 4.78 is 4.21. The molecule has 0 bridgehead atoms. The van der Waals surface area contributed by atoms with Crippen molar-refractivity contribution in [1.29, 1.82) is 0 Å². The molecule has 0 atom stereocenters. The van der Waals surface area contributed by atoms with Gasteiger partial charge in [-0.1, -0.05) is 31.2 Å². The van der Waals surface area contributed by atoms with Gasteiger partial charge in [0, 0.05) is 6.92 Å². The smallest absolute Gasteiger partial charge is 0.327 e. The molecule has 4 heteroatoms. The number of likely N-dealkylation sites (N-methyl/N-ethyl adjacent to an activating group) is 1. The fourth-order valence-electron chi connectivity index (χ4n) is 1.09. The van der Waals surface area contributed by atoms with Crippen LogP contribution in [0.4, 0.5) is 0 Å². The highest BCUT2D eigenvalue weighted by Crippen LogP contribution is 2.02. The number of carbonyl (C=O) groups excluding carboxylic acids is 2. The van der Waals surface area contributed by atoms with E-state index in [2.05, 4.69) is 48.2 Å². The van der Waals surface area contributed by atoms with Crippen molar-refractivity contribution in [2.75, 3.05) is 13.1 Å². The van der Waals surface area contributed by atoms with Crippen LogP contribution in [0.2, 0.25) is 0 Å². The lowest BCUT2D eigenvalue weighted by atomic mass is 10.1. The summed E-state index contributed by atoms with van der Waals surface area (Å²) in [5.41, 5.74) is 2.74. The highest BCUT2D eigenvalue weighted by molar-refractivity contribution is 5.85. The minimum atomic E-state index is -0.567. The van der Waals surface area contributed by atoms with E-state index in [1.165, 1.54) is 18.1 Å². The molecule has 0 heterocycles. The van der Waals surface area contributed by atoms with E-state index in [9.17, 15) is 9.59 Å². The Bertz CT molecular complexity index is 367. The Morgan fingerprint density at radius 3 is 2.00 bits per heavy atom. The van der Waals surface area contributed by atoms with Crippen molar-refractivity contribution in [3.8, 4) is 0 Å². The van der Waals surface area contributed by atoms with Gasteiger partial charge in [0.05, 0.1) is 6.54 Å². The number of benzene rings is 1. The fraction of sp³-hybridized carbons (Fsp3) is 0.429. The zero-order chi connectivity index (χ0) is 14.0. The molecule has 0 spiro atoms. The van der Waals surface area contributed by atoms with Crippen molar-refractivity contribution < 1.29 is 14.3 Å². The summed E-state index contributed by atoms with van der Waals surface area (Å²) in [6.07, 6.45) is 0. The molecule has 4 nitrogen and oxygen atoms in total. The predicted octanol–water partition coefficient (Wildman–Crippen LogP) is 1.99. The maximum Gasteiger partial charge on any atom is 0.327 e. The van der Waals surface area contributed by atoms with Gasteiger partial charge in [0.1, 0.15) is 0 Å². The minimum Gasteiger partial charge on any atom is -0.392 e. The largest absolute Gasteiger partial charge is 0.392 e. The molecular weight excluding hydrogens is 230 g/mol. The standard InChI is InChI=1S/C8H10.C6H11NO3/c1-7-5-3-4-6-8(7)2;1-3-7-4-6(9)10-5(2)8/h3-6H,1-2H3;7H,3-4H2,1-2H3. The molecule has 0 amide bonds. The summed E-state index contributed by atoms with van der Waals surface area (Å²) in [6, 6.07) is 8.36. The molecule has 18 heavy (non-hydrogen) atoms. The van der Waals surface area contributed by atoms with Gasteiger partial charge in [-0.3, -0.25) is 9.59 Å². The molecule has 0 aromatic heterocycles. The Morgan fingerprint density at radius 2 is 1.67 bits per heavy atom. The number of esters is 2. The Balaban J connectivity index is 0.000000327. The number of hydrogen-bond donors (Lipinski definition) is 1. The summed E-state index contributed by atoms with van der Waals surface area (Å²) in [7, 11) is 0. The van der Waals surface area contributed by atoms with Crippen molar-refractivity contribution in [1.82, 2.24) is 5.32 Å². The lowest BCUT2D eigenvalue weighted by Crippen LogP contribution is -2.25. The van der Waals surface area contributed by atoms with Crippen LogP contribution in [0.3, 0.4) is 0 Å². The Hall–Kier alpha value is -1.68. The first-order valence-corrected chi connectivity index (χ1v) is 5.91. The van der Waals surface area contributed by atoms with Crippen molar-refractivity contribution in [2.24, 2.45) is 0 Å². The molecule has 0 aliphatic carbocycles. The van der Waals surface area contributed by atoms with Gasteiger partial charge in [-0.2, -0.15) is 0 Å². The highest BCUT2D eigenvalue weighted by atomic mass is 16.6. The Kier molecular flexibility index (Phi) is 8.49. The maximum atomic E-state index is 10.5. The molecule has 1 N–H and O–H groups in total. The third-order valence-corrected chi connectivity index (χ3v) is 2.20. The van der Waals surface area contributed by atoms with Crippen LogP contribution in [0.25, 0.3) is 0 Å². The molecular formula is C14H21NO3. The SMILES string of the molecule is CCNCC(=O)OC(C)=O.Cc1ccccc1C. The molecule has 1 aromatic rings. The number of carbonyl (C=O) groups is 2. The number of aryl methyl sites for hydroxylation is 2. The van der Waals surface area contributed by atoms with E-state index in [4.69, 9.17) is 0 Å². The minimum absolute atomic E-state index is 0.0933. The van der Waals surface area contributed by atoms with Gasteiger partial charge in [0.2, 0.25) is 0 Å². The number of nitrogens with one attached hydrogen (secondary N) is 1. The molecule has 0 aliphatic heterocycles. The summed E-state index contributed by atoms with van der Waals surface area (Å²) in [4.78, 5) is 20.7. The molecule has 0 saturated carbocycles. The number of ether oxygens (including phenoxy) is 1. The van der Waals surface area contributed by atoms with Crippen LogP contribution in [0.1, 0.15) is 25.0 Å². The predicted molar refractivity (Wildman–Crippen MR) is 71.2 cm³/mol. The lowest BCUT2D eigenvalue weighted by molar-refractivity contribution is -0.157. The van der Waals surface area contributed by atoms with Gasteiger partial charge in [0.25, 0.3) is 0 Å². The van der Waals surface area contributed by atoms with Gasteiger partial charge in [0.15, 0.2) is 0 Å². The van der Waals surface area contributed by atoms with E-state index in [1.807, 2.05) is 6.92 Å². The van der Waals surface area contributed by atoms with Crippen LogP contribution < -0.4 is 5.32 Å². The van der Waals surface area contributed by atoms with Gasteiger partial charge in [-0.05, 0) is 31.5 Å². The fourth-order valence-corrected chi connectivity index (χ4v) is 1.09. The van der Waals surface area contributed by atoms with Crippen molar-refractivity contribution in [3.05, 3.63) is 35.4 Å². The highest BCUT2D eigenvalue weighted by Gasteiger charge is 2.02. The van der Waals surface area contributed by atoms with Gasteiger partial charge < -0.3 is 10.1 Å². The molecule has 1 aromatic carbocycles. The Morgan fingerprint density at radius 1 is 1.17 bits per heavy atom. The third-order valence-electron chi connectivity index (χ3n) is 2.20. The topological polar surface area (TPSA) is 55.4 Å². The van der Waals surface area contributed by atoms with Crippen molar-refractivity contribution >= 4 is 11.9 Å². The van der Waals surface area contributed by atoms with Gasteiger partial charge in [-0.25, -0.2) is 0 Å². The average Bonchev–Trinajstić information content (AvgIpc) is 2.30. The average molecular weight is 251 g/mol. The summed E-state index contributed by atoms with van der Waals surface area (Å²) in [6.45, 7) is 8.08. The first kappa shape index (κ1) is 16.3. The van der Waals surface area contributed by atoms with E-state index in [0.29, 0.717) is 6.54 Å². The third kappa shape index (κ3) is 8.47. The quantitative estimate of drug-likeness (QED) is 0.659. The maximum absolute atomic E-state index is 10.5. The van der Waals surface area contributed by atoms with E-state index in [1.54, 1.807) is 0 Å². The van der Waals surface area contributed by atoms with E-state index in [-0.39, 0.29) is 6.54 Å². The molecule has 0 saturated heterocycles. The summed E-state index contributed by atoms with van der Waals surface area (Å²) >= 11 is 0. The second-order valence-electron chi connectivity index (χ2n) is 3.83. The van der Waals surface area contributed by atoms with Crippen molar-refractivity contribution in [2.45, 2.75) is 27.7 Å². The first-order valence-electron chi connectivity index (χ1n) is 5.91. The monoisotopic (exact) mass is 251 g/mol. The lowest BCUT2D eigenvalue weighted by Gasteiger charge is -1.98. The zero-order valence-electron chi connectivity index (χ0n) is 11.4. The van der Waals surface area contributed by atoms with Gasteiger partial charge in [-0.15, -0.1) is 0 Å². The van der Waals surface area contributed by atoms with Crippen LogP contribution in [0, 0.1) is 13.8 Å². The second-order valence-corrected chi connectivity index (χ2v) is 3.83. The number of hydrogen-bond acceptors (Lipinski definition) is 4. The Labute approximate surface area is 108 Å². The second kappa shape index (κ2) is 9.36. The number of rotatable bonds is 3. The van der Waals surface area contributed by atoms with E-state index >= 15 is 0 Å². The molecule has 1 rings (SSSR count). The summed E-state index contributed by atoms with van der Waals surface area (Å²) in [5, 5.41) is 2.73. The van der Waals surface area contributed by atoms with E-state index < -0.39 is 11.9 Å². The molecule has 0 unspecified atom stereocenters. The van der Waals surface area contributed by atoms with Crippen LogP contribution in [0.5, 0.6) is 0 Å².